The third-order valence-electron chi connectivity index (χ3n) is 4.83. The van der Waals surface area contributed by atoms with Crippen LogP contribution < -0.4 is 14.9 Å². The molecular formula is C20H23F3N4O3S. The molecule has 7 nitrogen and oxygen atoms in total. The fourth-order valence-electron chi connectivity index (χ4n) is 3.20. The fraction of sp³-hybridized carbons (Fsp3) is 0.400. The number of hydrogen-bond acceptors (Lipinski definition) is 5. The quantitative estimate of drug-likeness (QED) is 0.669. The summed E-state index contributed by atoms with van der Waals surface area (Å²) >= 11 is 0. The van der Waals surface area contributed by atoms with Crippen molar-refractivity contribution in [3.05, 3.63) is 53.7 Å². The third kappa shape index (κ3) is 6.66. The summed E-state index contributed by atoms with van der Waals surface area (Å²) in [6.07, 6.45) is 0.510. The number of piperidine rings is 1. The van der Waals surface area contributed by atoms with Gasteiger partial charge in [0, 0.05) is 31.4 Å². The number of nitrogens with zero attached hydrogens (tertiary/aromatic N) is 2. The Morgan fingerprint density at radius 2 is 1.74 bits per heavy atom. The molecule has 1 aliphatic heterocycles. The average Bonchev–Trinajstić information content (AvgIpc) is 2.76. The van der Waals surface area contributed by atoms with Gasteiger partial charge in [-0.1, -0.05) is 0 Å². The average molecular weight is 456 g/mol. The molecule has 1 fully saturated rings. The zero-order valence-corrected chi connectivity index (χ0v) is 17.5. The van der Waals surface area contributed by atoms with E-state index in [-0.39, 0.29) is 17.0 Å². The molecule has 3 rings (SSSR count). The zero-order valence-electron chi connectivity index (χ0n) is 16.7. The minimum atomic E-state index is -4.52. The Morgan fingerprint density at radius 3 is 2.39 bits per heavy atom. The van der Waals surface area contributed by atoms with Gasteiger partial charge in [0.05, 0.1) is 4.90 Å². The number of nitrogens with one attached hydrogen (secondary N) is 2. The van der Waals surface area contributed by atoms with Crippen molar-refractivity contribution in [2.24, 2.45) is 0 Å². The SMILES string of the molecule is O=C(NCC(F)(F)F)c1ccc(S(=O)(=O)NCc2ccnc(N3CCCCC3)c2)cc1. The molecule has 2 aromatic rings. The van der Waals surface area contributed by atoms with Gasteiger partial charge in [-0.2, -0.15) is 13.2 Å². The van der Waals surface area contributed by atoms with Gasteiger partial charge in [0.15, 0.2) is 0 Å². The van der Waals surface area contributed by atoms with Crippen molar-refractivity contribution in [2.45, 2.75) is 36.9 Å². The first-order valence-electron chi connectivity index (χ1n) is 9.79. The first kappa shape index (κ1) is 23.0. The lowest BCUT2D eigenvalue weighted by Crippen LogP contribution is -2.33. The van der Waals surface area contributed by atoms with Crippen LogP contribution in [0.25, 0.3) is 0 Å². The van der Waals surface area contributed by atoms with Crippen molar-refractivity contribution >= 4 is 21.7 Å². The number of hydrogen-bond donors (Lipinski definition) is 2. The number of sulfonamides is 1. The molecule has 0 unspecified atom stereocenters. The molecular weight excluding hydrogens is 433 g/mol. The summed E-state index contributed by atoms with van der Waals surface area (Å²) in [5, 5.41) is 1.74. The van der Waals surface area contributed by atoms with E-state index < -0.39 is 28.7 Å². The summed E-state index contributed by atoms with van der Waals surface area (Å²) in [4.78, 5) is 18.2. The molecule has 0 saturated carbocycles. The van der Waals surface area contributed by atoms with Crippen LogP contribution in [0, 0.1) is 0 Å². The molecule has 168 valence electrons. The second-order valence-electron chi connectivity index (χ2n) is 7.22. The summed E-state index contributed by atoms with van der Waals surface area (Å²) in [5.41, 5.74) is 0.686. The first-order chi connectivity index (χ1) is 14.6. The molecule has 1 amide bonds. The van der Waals surface area contributed by atoms with E-state index >= 15 is 0 Å². The molecule has 2 heterocycles. The highest BCUT2D eigenvalue weighted by Gasteiger charge is 2.28. The van der Waals surface area contributed by atoms with E-state index in [2.05, 4.69) is 14.6 Å². The molecule has 0 radical (unpaired) electrons. The van der Waals surface area contributed by atoms with Crippen molar-refractivity contribution in [1.82, 2.24) is 15.0 Å². The van der Waals surface area contributed by atoms with Gasteiger partial charge in [0.2, 0.25) is 10.0 Å². The van der Waals surface area contributed by atoms with Crippen LogP contribution in [0.4, 0.5) is 19.0 Å². The van der Waals surface area contributed by atoms with E-state index in [1.807, 2.05) is 6.07 Å². The summed E-state index contributed by atoms with van der Waals surface area (Å²) in [5.74, 6) is -0.123. The van der Waals surface area contributed by atoms with Gasteiger partial charge in [0.1, 0.15) is 12.4 Å². The van der Waals surface area contributed by atoms with Crippen molar-refractivity contribution < 1.29 is 26.4 Å². The number of alkyl halides is 3. The first-order valence-corrected chi connectivity index (χ1v) is 11.3. The lowest BCUT2D eigenvalue weighted by Gasteiger charge is -2.27. The van der Waals surface area contributed by atoms with Crippen LogP contribution in [0.15, 0.2) is 47.5 Å². The van der Waals surface area contributed by atoms with Crippen LogP contribution >= 0.6 is 0 Å². The van der Waals surface area contributed by atoms with E-state index in [1.54, 1.807) is 17.6 Å². The summed E-state index contributed by atoms with van der Waals surface area (Å²) < 4.78 is 64.2. The van der Waals surface area contributed by atoms with Crippen LogP contribution in [-0.4, -0.2) is 45.1 Å². The highest BCUT2D eigenvalue weighted by Crippen LogP contribution is 2.19. The maximum Gasteiger partial charge on any atom is 0.405 e. The molecule has 2 N–H and O–H groups in total. The van der Waals surface area contributed by atoms with Gasteiger partial charge >= 0.3 is 6.18 Å². The minimum Gasteiger partial charge on any atom is -0.357 e. The lowest BCUT2D eigenvalue weighted by atomic mass is 10.1. The van der Waals surface area contributed by atoms with Crippen molar-refractivity contribution in [2.75, 3.05) is 24.5 Å². The van der Waals surface area contributed by atoms with Crippen molar-refractivity contribution in [1.29, 1.82) is 0 Å². The predicted molar refractivity (Wildman–Crippen MR) is 109 cm³/mol. The van der Waals surface area contributed by atoms with E-state index in [4.69, 9.17) is 0 Å². The molecule has 31 heavy (non-hydrogen) atoms. The number of pyridine rings is 1. The topological polar surface area (TPSA) is 91.4 Å². The number of halogens is 3. The van der Waals surface area contributed by atoms with Gasteiger partial charge in [-0.15, -0.1) is 0 Å². The monoisotopic (exact) mass is 456 g/mol. The predicted octanol–water partition coefficient (Wildman–Crippen LogP) is 2.84. The Balaban J connectivity index is 1.61. The number of rotatable bonds is 7. The molecule has 0 bridgehead atoms. The van der Waals surface area contributed by atoms with Crippen LogP contribution in [0.3, 0.4) is 0 Å². The number of aromatic nitrogens is 1. The second-order valence-corrected chi connectivity index (χ2v) is 8.98. The largest absolute Gasteiger partial charge is 0.405 e. The van der Waals surface area contributed by atoms with Crippen molar-refractivity contribution in [3.8, 4) is 0 Å². The maximum atomic E-state index is 12.5. The molecule has 0 spiro atoms. The van der Waals surface area contributed by atoms with E-state index in [1.165, 1.54) is 30.7 Å². The molecule has 1 saturated heterocycles. The minimum absolute atomic E-state index is 0.0551. The van der Waals surface area contributed by atoms with Crippen LogP contribution in [0.2, 0.25) is 0 Å². The Hall–Kier alpha value is -2.66. The number of amides is 1. The number of carbonyl (C=O) groups is 1. The molecule has 11 heteroatoms. The molecule has 1 aromatic carbocycles. The Labute approximate surface area is 178 Å². The molecule has 1 aromatic heterocycles. The van der Waals surface area contributed by atoms with Crippen LogP contribution in [-0.2, 0) is 16.6 Å². The highest BCUT2D eigenvalue weighted by molar-refractivity contribution is 7.89. The zero-order chi connectivity index (χ0) is 22.5. The van der Waals surface area contributed by atoms with Crippen molar-refractivity contribution in [3.63, 3.8) is 0 Å². The number of benzene rings is 1. The van der Waals surface area contributed by atoms with E-state index in [0.717, 1.165) is 37.3 Å². The van der Waals surface area contributed by atoms with Gasteiger partial charge < -0.3 is 10.2 Å². The summed E-state index contributed by atoms with van der Waals surface area (Å²) in [6, 6.07) is 8.27. The Kier molecular flexibility index (Phi) is 7.16. The lowest BCUT2D eigenvalue weighted by molar-refractivity contribution is -0.123. The van der Waals surface area contributed by atoms with Crippen LogP contribution in [0.1, 0.15) is 35.2 Å². The van der Waals surface area contributed by atoms with E-state index in [9.17, 15) is 26.4 Å². The standard InChI is InChI=1S/C20H23F3N4O3S/c21-20(22,23)14-25-19(28)16-4-6-17(7-5-16)31(29,30)26-13-15-8-9-24-18(12-15)27-10-2-1-3-11-27/h4-9,12,26H,1-3,10-11,13-14H2,(H,25,28). The molecule has 0 atom stereocenters. The van der Waals surface area contributed by atoms with Crippen LogP contribution in [0.5, 0.6) is 0 Å². The van der Waals surface area contributed by atoms with Gasteiger partial charge in [0.25, 0.3) is 5.91 Å². The number of anilines is 1. The van der Waals surface area contributed by atoms with E-state index in [0.29, 0.717) is 0 Å². The smallest absolute Gasteiger partial charge is 0.357 e. The summed E-state index contributed by atoms with van der Waals surface area (Å²) in [6.45, 7) is 0.439. The Morgan fingerprint density at radius 1 is 1.06 bits per heavy atom. The third-order valence-corrected chi connectivity index (χ3v) is 6.25. The van der Waals surface area contributed by atoms with Gasteiger partial charge in [-0.3, -0.25) is 4.79 Å². The van der Waals surface area contributed by atoms with Gasteiger partial charge in [-0.25, -0.2) is 18.1 Å². The Bertz CT molecular complexity index is 1010. The van der Waals surface area contributed by atoms with Gasteiger partial charge in [-0.05, 0) is 61.2 Å². The normalized spacial score (nSPS) is 15.0. The molecule has 1 aliphatic rings. The maximum absolute atomic E-state index is 12.5. The fourth-order valence-corrected chi connectivity index (χ4v) is 4.21. The highest BCUT2D eigenvalue weighted by atomic mass is 32.2. The molecule has 0 aliphatic carbocycles. The second kappa shape index (κ2) is 9.65. The number of carbonyl (C=O) groups excluding carboxylic acids is 1. The summed E-state index contributed by atoms with van der Waals surface area (Å²) in [7, 11) is -3.87.